The maximum atomic E-state index is 13.6. The number of pyridine rings is 1. The lowest BCUT2D eigenvalue weighted by Crippen LogP contribution is -2.49. The van der Waals surface area contributed by atoms with E-state index in [1.807, 2.05) is 6.92 Å². The lowest BCUT2D eigenvalue weighted by Gasteiger charge is -2.30. The Morgan fingerprint density at radius 1 is 1.30 bits per heavy atom. The van der Waals surface area contributed by atoms with Gasteiger partial charge >= 0.3 is 12.3 Å². The summed E-state index contributed by atoms with van der Waals surface area (Å²) in [6.45, 7) is 9.46. The first-order valence-corrected chi connectivity index (χ1v) is 11.7. The van der Waals surface area contributed by atoms with Crippen molar-refractivity contribution in [2.24, 2.45) is 5.92 Å². The number of ether oxygens (including phenoxy) is 1. The van der Waals surface area contributed by atoms with Crippen LogP contribution >= 0.6 is 15.9 Å². The molecule has 2 fully saturated rings. The molecule has 2 N–H and O–H groups in total. The third-order valence-electron chi connectivity index (χ3n) is 5.79. The second kappa shape index (κ2) is 8.96. The Balaban J connectivity index is 1.89. The van der Waals surface area contributed by atoms with E-state index in [9.17, 15) is 22.8 Å². The Morgan fingerprint density at radius 2 is 1.94 bits per heavy atom. The van der Waals surface area contributed by atoms with E-state index >= 15 is 0 Å². The molecule has 2 atom stereocenters. The lowest BCUT2D eigenvalue weighted by atomic mass is 10.0. The van der Waals surface area contributed by atoms with Gasteiger partial charge in [0.15, 0.2) is 5.69 Å². The van der Waals surface area contributed by atoms with Crippen LogP contribution in [-0.2, 0) is 10.9 Å². The first-order chi connectivity index (χ1) is 15.1. The molecule has 0 aromatic carbocycles. The van der Waals surface area contributed by atoms with Gasteiger partial charge in [-0.2, -0.15) is 13.2 Å². The average Bonchev–Trinajstić information content (AvgIpc) is 3.42. The van der Waals surface area contributed by atoms with Crippen molar-refractivity contribution in [1.82, 2.24) is 15.6 Å². The average molecular weight is 535 g/mol. The number of anilines is 1. The molecular formula is C22H30BrF3N4O3. The van der Waals surface area contributed by atoms with Crippen LogP contribution in [0.5, 0.6) is 0 Å². The monoisotopic (exact) mass is 534 g/mol. The van der Waals surface area contributed by atoms with Crippen molar-refractivity contribution in [3.63, 3.8) is 0 Å². The van der Waals surface area contributed by atoms with Crippen molar-refractivity contribution in [2.75, 3.05) is 18.0 Å². The Morgan fingerprint density at radius 3 is 2.48 bits per heavy atom. The number of rotatable bonds is 5. The summed E-state index contributed by atoms with van der Waals surface area (Å²) in [5, 5.41) is 5.71. The van der Waals surface area contributed by atoms with Crippen LogP contribution < -0.4 is 15.5 Å². The fourth-order valence-corrected chi connectivity index (χ4v) is 4.74. The van der Waals surface area contributed by atoms with Crippen molar-refractivity contribution in [3.05, 3.63) is 21.9 Å². The van der Waals surface area contributed by atoms with Crippen LogP contribution in [0.2, 0.25) is 0 Å². The molecule has 1 saturated heterocycles. The number of hydrogen-bond donors (Lipinski definition) is 2. The normalized spacial score (nSPS) is 22.2. The largest absolute Gasteiger partial charge is 0.444 e. The summed E-state index contributed by atoms with van der Waals surface area (Å²) in [5.74, 6) is -0.0867. The van der Waals surface area contributed by atoms with Crippen LogP contribution in [-0.4, -0.2) is 47.3 Å². The molecule has 2 aliphatic rings. The first kappa shape index (κ1) is 25.6. The molecule has 2 heterocycles. The molecule has 0 unspecified atom stereocenters. The highest BCUT2D eigenvalue weighted by molar-refractivity contribution is 9.10. The van der Waals surface area contributed by atoms with E-state index in [0.717, 1.165) is 19.0 Å². The van der Waals surface area contributed by atoms with Gasteiger partial charge in [0.2, 0.25) is 0 Å². The fraction of sp³-hybridized carbons (Fsp3) is 0.682. The molecule has 33 heavy (non-hydrogen) atoms. The van der Waals surface area contributed by atoms with Gasteiger partial charge in [-0.1, -0.05) is 0 Å². The fourth-order valence-electron chi connectivity index (χ4n) is 3.95. The zero-order chi connectivity index (χ0) is 24.8. The number of nitrogens with one attached hydrogen (secondary N) is 2. The van der Waals surface area contributed by atoms with Gasteiger partial charge in [0.25, 0.3) is 5.91 Å². The molecule has 7 nitrogen and oxygen atoms in total. The number of aromatic nitrogens is 1. The summed E-state index contributed by atoms with van der Waals surface area (Å²) in [4.78, 5) is 30.5. The second-order valence-corrected chi connectivity index (χ2v) is 10.9. The predicted octanol–water partition coefficient (Wildman–Crippen LogP) is 4.88. The highest BCUT2D eigenvalue weighted by atomic mass is 79.9. The summed E-state index contributed by atoms with van der Waals surface area (Å²) in [6, 6.07) is -0.0795. The summed E-state index contributed by atoms with van der Waals surface area (Å²) in [6.07, 6.45) is -1.82. The topological polar surface area (TPSA) is 83.6 Å². The molecule has 11 heteroatoms. The Labute approximate surface area is 200 Å². The Hall–Kier alpha value is -2.04. The zero-order valence-electron chi connectivity index (χ0n) is 19.4. The van der Waals surface area contributed by atoms with Crippen LogP contribution in [0, 0.1) is 5.92 Å². The van der Waals surface area contributed by atoms with Crippen LogP contribution in [0.3, 0.4) is 0 Å². The molecule has 3 rings (SSSR count). The van der Waals surface area contributed by atoms with Crippen LogP contribution in [0.4, 0.5) is 23.7 Å². The van der Waals surface area contributed by atoms with Gasteiger partial charge in [0, 0.05) is 25.3 Å². The molecule has 0 bridgehead atoms. The van der Waals surface area contributed by atoms with Gasteiger partial charge in [-0.15, -0.1) is 0 Å². The zero-order valence-corrected chi connectivity index (χ0v) is 21.0. The highest BCUT2D eigenvalue weighted by Gasteiger charge is 2.42. The molecular weight excluding hydrogens is 505 g/mol. The number of hydrogen-bond acceptors (Lipinski definition) is 5. The molecule has 2 amide bonds. The maximum Gasteiger partial charge on any atom is 0.434 e. The number of alkyl halides is 3. The number of halogens is 4. The number of amides is 2. The third kappa shape index (κ3) is 6.30. The Bertz CT molecular complexity index is 931. The van der Waals surface area contributed by atoms with E-state index in [-0.39, 0.29) is 28.3 Å². The molecule has 0 spiro atoms. The smallest absolute Gasteiger partial charge is 0.434 e. The number of carbonyl (C=O) groups is 2. The standard InChI is InChI=1S/C22H30BrF3N4O3/c1-12(13-6-7-13)28-18(31)14-10-27-17(22(24,25)26)15(23)16(14)30-9-8-21(5,11-30)29-19(32)33-20(2,3)4/h10,12-13H,6-9,11H2,1-5H3,(H,28,31)(H,29,32)/t12-,21-/m0/s1. The summed E-state index contributed by atoms with van der Waals surface area (Å²) >= 11 is 3.07. The van der Waals surface area contributed by atoms with Crippen molar-refractivity contribution < 1.29 is 27.5 Å². The minimum atomic E-state index is -4.69. The lowest BCUT2D eigenvalue weighted by molar-refractivity contribution is -0.141. The van der Waals surface area contributed by atoms with Crippen molar-refractivity contribution >= 4 is 33.6 Å². The van der Waals surface area contributed by atoms with Crippen molar-refractivity contribution in [3.8, 4) is 0 Å². The quantitative estimate of drug-likeness (QED) is 0.562. The van der Waals surface area contributed by atoms with Crippen LogP contribution in [0.1, 0.15) is 69.9 Å². The third-order valence-corrected chi connectivity index (χ3v) is 6.54. The molecule has 1 aliphatic heterocycles. The van der Waals surface area contributed by atoms with Crippen LogP contribution in [0.25, 0.3) is 0 Å². The highest BCUT2D eigenvalue weighted by Crippen LogP contribution is 2.42. The SMILES string of the molecule is C[C@H](NC(=O)c1cnc(C(F)(F)F)c(Br)c1N1CC[C@](C)(NC(=O)OC(C)(C)C)C1)C1CC1. The molecule has 1 aromatic heterocycles. The van der Waals surface area contributed by atoms with Gasteiger partial charge < -0.3 is 20.3 Å². The van der Waals surface area contributed by atoms with E-state index in [1.54, 1.807) is 32.6 Å². The first-order valence-electron chi connectivity index (χ1n) is 10.9. The van der Waals surface area contributed by atoms with Gasteiger partial charge in [0.1, 0.15) is 5.60 Å². The minimum Gasteiger partial charge on any atom is -0.444 e. The summed E-state index contributed by atoms with van der Waals surface area (Å²) in [5.41, 5.74) is -2.36. The Kier molecular flexibility index (Phi) is 6.94. The van der Waals surface area contributed by atoms with Crippen molar-refractivity contribution in [1.29, 1.82) is 0 Å². The summed E-state index contributed by atoms with van der Waals surface area (Å²) < 4.78 is 45.7. The van der Waals surface area contributed by atoms with Gasteiger partial charge in [-0.25, -0.2) is 9.78 Å². The van der Waals surface area contributed by atoms with E-state index in [1.165, 1.54) is 0 Å². The summed E-state index contributed by atoms with van der Waals surface area (Å²) in [7, 11) is 0. The van der Waals surface area contributed by atoms with E-state index < -0.39 is 35.0 Å². The molecule has 0 radical (unpaired) electrons. The van der Waals surface area contributed by atoms with E-state index in [0.29, 0.717) is 18.9 Å². The van der Waals surface area contributed by atoms with E-state index in [2.05, 4.69) is 31.5 Å². The van der Waals surface area contributed by atoms with Gasteiger partial charge in [-0.3, -0.25) is 4.79 Å². The minimum absolute atomic E-state index is 0.0592. The molecule has 1 saturated carbocycles. The van der Waals surface area contributed by atoms with Gasteiger partial charge in [0.05, 0.1) is 21.3 Å². The maximum absolute atomic E-state index is 13.6. The van der Waals surface area contributed by atoms with E-state index in [4.69, 9.17) is 4.74 Å². The second-order valence-electron chi connectivity index (χ2n) is 10.1. The number of carbonyl (C=O) groups excluding carboxylic acids is 2. The molecule has 184 valence electrons. The van der Waals surface area contributed by atoms with Crippen LogP contribution in [0.15, 0.2) is 10.7 Å². The van der Waals surface area contributed by atoms with Crippen molar-refractivity contribution in [2.45, 2.75) is 77.2 Å². The van der Waals surface area contributed by atoms with Gasteiger partial charge in [-0.05, 0) is 75.7 Å². The number of alkyl carbamates (subject to hydrolysis) is 1. The number of nitrogens with zero attached hydrogens (tertiary/aromatic N) is 2. The molecule has 1 aliphatic carbocycles. The molecule has 1 aromatic rings. The predicted molar refractivity (Wildman–Crippen MR) is 121 cm³/mol.